The average molecular weight is 399 g/mol. The molecule has 0 spiro atoms. The molecule has 0 aromatic heterocycles. The lowest BCUT2D eigenvalue weighted by molar-refractivity contribution is 0.476. The van der Waals surface area contributed by atoms with E-state index in [0.717, 1.165) is 54.9 Å². The predicted molar refractivity (Wildman–Crippen MR) is 111 cm³/mol. The maximum Gasteiger partial charge on any atom is 0.218 e. The van der Waals surface area contributed by atoms with Gasteiger partial charge in [0.25, 0.3) is 0 Å². The molecule has 0 radical (unpaired) electrons. The molecule has 6 nitrogen and oxygen atoms in total. The minimum atomic E-state index is -3.19. The number of benzene rings is 2. The number of hydrazine groups is 1. The lowest BCUT2D eigenvalue weighted by Crippen LogP contribution is -2.34. The molecule has 4 rings (SSSR count). The zero-order valence-electron chi connectivity index (χ0n) is 15.9. The molecule has 1 fully saturated rings. The van der Waals surface area contributed by atoms with Crippen molar-refractivity contribution in [3.05, 3.63) is 70.8 Å². The van der Waals surface area contributed by atoms with Crippen LogP contribution in [0, 0.1) is 0 Å². The van der Waals surface area contributed by atoms with Crippen LogP contribution in [0.2, 0.25) is 0 Å². The van der Waals surface area contributed by atoms with Crippen LogP contribution in [-0.4, -0.2) is 49.7 Å². The fraction of sp³-hybridized carbons (Fsp3) is 0.381. The summed E-state index contributed by atoms with van der Waals surface area (Å²) < 4.78 is 26.5. The van der Waals surface area contributed by atoms with Crippen LogP contribution in [0.4, 0.5) is 0 Å². The lowest BCUT2D eigenvalue weighted by Gasteiger charge is -2.15. The maximum absolute atomic E-state index is 12.4. The van der Waals surface area contributed by atoms with Crippen molar-refractivity contribution in [1.82, 2.24) is 9.31 Å². The quantitative estimate of drug-likeness (QED) is 0.756. The Hall–Kier alpha value is -2.22. The summed E-state index contributed by atoms with van der Waals surface area (Å²) in [7, 11) is -3.19. The lowest BCUT2D eigenvalue weighted by atomic mass is 10.0. The summed E-state index contributed by atoms with van der Waals surface area (Å²) >= 11 is 0. The standard InChI is InChI=1S/C21H26N4O2S/c22-25-14-11-23-21(25)20-9-7-18(8-10-20)15-17-3-5-19(6-4-17)16-28(26,27)24-12-1-2-13-24/h3-10H,1-2,11-16,22H2. The predicted octanol–water partition coefficient (Wildman–Crippen LogP) is 2.14. The van der Waals surface area contributed by atoms with Crippen molar-refractivity contribution in [2.75, 3.05) is 26.2 Å². The van der Waals surface area contributed by atoms with Gasteiger partial charge in [0.05, 0.1) is 18.8 Å². The summed E-state index contributed by atoms with van der Waals surface area (Å²) in [6, 6.07) is 16.2. The number of rotatable bonds is 6. The van der Waals surface area contributed by atoms with Crippen molar-refractivity contribution >= 4 is 15.9 Å². The van der Waals surface area contributed by atoms with E-state index in [9.17, 15) is 8.42 Å². The van der Waals surface area contributed by atoms with Crippen LogP contribution in [-0.2, 0) is 22.2 Å². The normalized spacial score (nSPS) is 17.9. The van der Waals surface area contributed by atoms with Crippen molar-refractivity contribution in [2.24, 2.45) is 10.8 Å². The van der Waals surface area contributed by atoms with Gasteiger partial charge in [-0.05, 0) is 36.0 Å². The number of aliphatic imine (C=N–C) groups is 1. The summed E-state index contributed by atoms with van der Waals surface area (Å²) in [4.78, 5) is 4.43. The zero-order valence-corrected chi connectivity index (χ0v) is 16.7. The number of nitrogens with zero attached hydrogens (tertiary/aromatic N) is 3. The van der Waals surface area contributed by atoms with Gasteiger partial charge in [0.1, 0.15) is 5.84 Å². The minimum absolute atomic E-state index is 0.0830. The Kier molecular flexibility index (Phi) is 5.48. The summed E-state index contributed by atoms with van der Waals surface area (Å²) in [5.41, 5.74) is 4.23. The molecule has 0 bridgehead atoms. The monoisotopic (exact) mass is 398 g/mol. The Morgan fingerprint density at radius 3 is 2.00 bits per heavy atom. The van der Waals surface area contributed by atoms with Crippen LogP contribution in [0.1, 0.15) is 35.1 Å². The van der Waals surface area contributed by atoms with Crippen LogP contribution in [0.25, 0.3) is 0 Å². The first kappa shape index (κ1) is 19.1. The Bertz CT molecular complexity index is 947. The Balaban J connectivity index is 1.39. The van der Waals surface area contributed by atoms with Crippen molar-refractivity contribution in [1.29, 1.82) is 0 Å². The van der Waals surface area contributed by atoms with Gasteiger partial charge in [-0.25, -0.2) is 18.6 Å². The number of nitrogens with two attached hydrogens (primary N) is 1. The van der Waals surface area contributed by atoms with Crippen molar-refractivity contribution < 1.29 is 8.42 Å². The first-order valence-electron chi connectivity index (χ1n) is 9.73. The molecule has 28 heavy (non-hydrogen) atoms. The molecule has 0 unspecified atom stereocenters. The summed E-state index contributed by atoms with van der Waals surface area (Å²) in [6.45, 7) is 2.82. The molecule has 0 atom stereocenters. The summed E-state index contributed by atoms with van der Waals surface area (Å²) in [5, 5.41) is 1.68. The fourth-order valence-electron chi connectivity index (χ4n) is 3.75. The van der Waals surface area contributed by atoms with Crippen LogP contribution in [0.3, 0.4) is 0 Å². The second-order valence-corrected chi connectivity index (χ2v) is 9.42. The topological polar surface area (TPSA) is 79.0 Å². The van der Waals surface area contributed by atoms with E-state index in [-0.39, 0.29) is 5.75 Å². The molecule has 1 saturated heterocycles. The van der Waals surface area contributed by atoms with E-state index in [1.807, 2.05) is 24.3 Å². The van der Waals surface area contributed by atoms with Crippen LogP contribution in [0.5, 0.6) is 0 Å². The third kappa shape index (κ3) is 4.27. The third-order valence-electron chi connectivity index (χ3n) is 5.33. The molecule has 0 aliphatic carbocycles. The molecule has 2 aromatic rings. The third-order valence-corrected chi connectivity index (χ3v) is 7.18. The van der Waals surface area contributed by atoms with E-state index in [4.69, 9.17) is 5.84 Å². The van der Waals surface area contributed by atoms with Gasteiger partial charge in [0.2, 0.25) is 10.0 Å². The highest BCUT2D eigenvalue weighted by Gasteiger charge is 2.25. The molecule has 2 N–H and O–H groups in total. The molecule has 2 heterocycles. The number of sulfonamides is 1. The Morgan fingerprint density at radius 2 is 1.43 bits per heavy atom. The molecule has 148 valence electrons. The molecule has 7 heteroatoms. The molecular weight excluding hydrogens is 372 g/mol. The van der Waals surface area contributed by atoms with E-state index >= 15 is 0 Å². The zero-order chi connectivity index (χ0) is 19.6. The van der Waals surface area contributed by atoms with E-state index in [2.05, 4.69) is 29.3 Å². The second-order valence-electron chi connectivity index (χ2n) is 7.45. The highest BCUT2D eigenvalue weighted by Crippen LogP contribution is 2.19. The first-order valence-corrected chi connectivity index (χ1v) is 11.3. The van der Waals surface area contributed by atoms with Crippen LogP contribution >= 0.6 is 0 Å². The Morgan fingerprint density at radius 1 is 0.857 bits per heavy atom. The number of hydrogen-bond donors (Lipinski definition) is 1. The largest absolute Gasteiger partial charge is 0.293 e. The summed E-state index contributed by atoms with van der Waals surface area (Å²) in [6.07, 6.45) is 2.74. The summed E-state index contributed by atoms with van der Waals surface area (Å²) in [5.74, 6) is 6.85. The number of amidine groups is 1. The van der Waals surface area contributed by atoms with Gasteiger partial charge in [-0.2, -0.15) is 0 Å². The molecule has 0 saturated carbocycles. The van der Waals surface area contributed by atoms with Gasteiger partial charge in [-0.3, -0.25) is 10.0 Å². The molecule has 2 aliphatic rings. The highest BCUT2D eigenvalue weighted by atomic mass is 32.2. The first-order chi connectivity index (χ1) is 13.5. The van der Waals surface area contributed by atoms with Crippen molar-refractivity contribution in [3.8, 4) is 0 Å². The maximum atomic E-state index is 12.4. The Labute approximate surface area is 166 Å². The minimum Gasteiger partial charge on any atom is -0.293 e. The number of hydrogen-bond acceptors (Lipinski definition) is 5. The van der Waals surface area contributed by atoms with Gasteiger partial charge < -0.3 is 0 Å². The van der Waals surface area contributed by atoms with Gasteiger partial charge in [-0.1, -0.05) is 48.5 Å². The average Bonchev–Trinajstić information content (AvgIpc) is 3.36. The van der Waals surface area contributed by atoms with E-state index in [0.29, 0.717) is 13.1 Å². The van der Waals surface area contributed by atoms with E-state index in [1.165, 1.54) is 5.56 Å². The smallest absolute Gasteiger partial charge is 0.218 e. The van der Waals surface area contributed by atoms with Crippen LogP contribution < -0.4 is 5.84 Å². The highest BCUT2D eigenvalue weighted by molar-refractivity contribution is 7.88. The molecule has 0 amide bonds. The molecular formula is C21H26N4O2S. The second kappa shape index (κ2) is 8.03. The van der Waals surface area contributed by atoms with Gasteiger partial charge >= 0.3 is 0 Å². The van der Waals surface area contributed by atoms with Gasteiger partial charge in [0, 0.05) is 18.7 Å². The SMILES string of the molecule is NN1CCN=C1c1ccc(Cc2ccc(CS(=O)(=O)N3CCCC3)cc2)cc1. The van der Waals surface area contributed by atoms with Gasteiger partial charge in [0.15, 0.2) is 0 Å². The van der Waals surface area contributed by atoms with E-state index in [1.54, 1.807) is 9.31 Å². The fourth-order valence-corrected chi connectivity index (χ4v) is 5.36. The van der Waals surface area contributed by atoms with Crippen molar-refractivity contribution in [2.45, 2.75) is 25.0 Å². The van der Waals surface area contributed by atoms with Crippen LogP contribution in [0.15, 0.2) is 53.5 Å². The molecule has 2 aliphatic heterocycles. The van der Waals surface area contributed by atoms with Crippen molar-refractivity contribution in [3.63, 3.8) is 0 Å². The molecule has 2 aromatic carbocycles. The van der Waals surface area contributed by atoms with Gasteiger partial charge in [-0.15, -0.1) is 0 Å². The van der Waals surface area contributed by atoms with E-state index < -0.39 is 10.0 Å².